The van der Waals surface area contributed by atoms with Crippen LogP contribution in [0.5, 0.6) is 11.5 Å². The summed E-state index contributed by atoms with van der Waals surface area (Å²) in [5.74, 6) is 1.29. The number of nitrogens with one attached hydrogen (secondary N) is 1. The molecule has 0 aromatic heterocycles. The summed E-state index contributed by atoms with van der Waals surface area (Å²) in [6, 6.07) is 1.84. The van der Waals surface area contributed by atoms with Crippen molar-refractivity contribution in [3.05, 3.63) is 22.2 Å². The van der Waals surface area contributed by atoms with E-state index in [9.17, 15) is 0 Å². The Bertz CT molecular complexity index is 369. The molecule has 1 rings (SSSR count). The molecule has 0 unspecified atom stereocenters. The lowest BCUT2D eigenvalue weighted by atomic mass is 10.1. The van der Waals surface area contributed by atoms with Gasteiger partial charge in [0.1, 0.15) is 0 Å². The number of ether oxygens (including phenoxy) is 2. The molecule has 0 aliphatic carbocycles. The largest absolute Gasteiger partial charge is 0.493 e. The minimum Gasteiger partial charge on any atom is -0.493 e. The predicted octanol–water partition coefficient (Wildman–Crippen LogP) is 2.32. The van der Waals surface area contributed by atoms with Crippen LogP contribution in [0.4, 0.5) is 0 Å². The van der Waals surface area contributed by atoms with E-state index in [1.807, 2.05) is 13.0 Å². The van der Waals surface area contributed by atoms with E-state index >= 15 is 0 Å². The van der Waals surface area contributed by atoms with Gasteiger partial charge in [-0.3, -0.25) is 0 Å². The fourth-order valence-electron chi connectivity index (χ4n) is 1.49. The van der Waals surface area contributed by atoms with Crippen LogP contribution in [-0.4, -0.2) is 21.3 Å². The molecule has 0 bridgehead atoms. The van der Waals surface area contributed by atoms with Gasteiger partial charge in [-0.15, -0.1) is 0 Å². The number of methoxy groups -OCH3 is 2. The Balaban J connectivity index is 3.23. The van der Waals surface area contributed by atoms with Gasteiger partial charge in [-0.25, -0.2) is 0 Å². The molecule has 1 N–H and O–H groups in total. The molecule has 0 saturated heterocycles. The van der Waals surface area contributed by atoms with E-state index in [1.54, 1.807) is 21.3 Å². The molecule has 4 nitrogen and oxygen atoms in total. The molecule has 0 radical (unpaired) electrons. The molecule has 0 heterocycles. The van der Waals surface area contributed by atoms with Crippen molar-refractivity contribution in [3.8, 4) is 11.5 Å². The summed E-state index contributed by atoms with van der Waals surface area (Å²) in [6.45, 7) is 2.37. The fraction of sp³-hybridized carbons (Fsp3) is 0.455. The smallest absolute Gasteiger partial charge is 0.166 e. The zero-order valence-electron chi connectivity index (χ0n) is 9.89. The molecule has 0 fully saturated rings. The zero-order chi connectivity index (χ0) is 12.1. The van der Waals surface area contributed by atoms with Crippen molar-refractivity contribution in [2.75, 3.05) is 21.3 Å². The number of benzene rings is 1. The first kappa shape index (κ1) is 13.1. The lowest BCUT2D eigenvalue weighted by Gasteiger charge is -2.16. The van der Waals surface area contributed by atoms with E-state index < -0.39 is 0 Å². The first-order valence-electron chi connectivity index (χ1n) is 4.81. The molecule has 1 aromatic carbocycles. The van der Waals surface area contributed by atoms with Crippen LogP contribution in [0.1, 0.15) is 11.1 Å². The molecule has 1 aromatic rings. The minimum atomic E-state index is 0.455. The second kappa shape index (κ2) is 5.94. The number of halogens is 1. The van der Waals surface area contributed by atoms with Gasteiger partial charge in [0.15, 0.2) is 11.5 Å². The number of hydroxylamine groups is 1. The van der Waals surface area contributed by atoms with E-state index in [-0.39, 0.29) is 0 Å². The molecule has 0 aliphatic heterocycles. The highest BCUT2D eigenvalue weighted by atomic mass is 35.5. The summed E-state index contributed by atoms with van der Waals surface area (Å²) in [7, 11) is 4.73. The third kappa shape index (κ3) is 2.58. The van der Waals surface area contributed by atoms with Gasteiger partial charge in [0.2, 0.25) is 0 Å². The van der Waals surface area contributed by atoms with Crippen molar-refractivity contribution >= 4 is 11.6 Å². The summed E-state index contributed by atoms with van der Waals surface area (Å²) in [5.41, 5.74) is 4.50. The Hall–Kier alpha value is -0.970. The average molecular weight is 246 g/mol. The van der Waals surface area contributed by atoms with E-state index in [4.69, 9.17) is 25.9 Å². The van der Waals surface area contributed by atoms with E-state index in [0.29, 0.717) is 23.1 Å². The Morgan fingerprint density at radius 2 is 1.94 bits per heavy atom. The Morgan fingerprint density at radius 1 is 1.25 bits per heavy atom. The molecular weight excluding hydrogens is 230 g/mol. The molecule has 0 amide bonds. The topological polar surface area (TPSA) is 39.7 Å². The molecule has 0 atom stereocenters. The molecule has 90 valence electrons. The molecule has 16 heavy (non-hydrogen) atoms. The maximum atomic E-state index is 6.21. The van der Waals surface area contributed by atoms with Crippen LogP contribution in [0.2, 0.25) is 5.02 Å². The number of aryl methyl sites for hydroxylation is 1. The lowest BCUT2D eigenvalue weighted by molar-refractivity contribution is 0.0860. The van der Waals surface area contributed by atoms with Crippen LogP contribution in [0.3, 0.4) is 0 Å². The normalized spacial score (nSPS) is 10.3. The lowest BCUT2D eigenvalue weighted by Crippen LogP contribution is -2.13. The van der Waals surface area contributed by atoms with Crippen molar-refractivity contribution in [3.63, 3.8) is 0 Å². The summed E-state index contributed by atoms with van der Waals surface area (Å²) < 4.78 is 10.5. The van der Waals surface area contributed by atoms with Crippen molar-refractivity contribution in [1.29, 1.82) is 0 Å². The van der Waals surface area contributed by atoms with Crippen LogP contribution in [0, 0.1) is 6.92 Å². The Labute approximate surface area is 100 Å². The van der Waals surface area contributed by atoms with E-state index in [1.165, 1.54) is 0 Å². The number of hydrogen-bond donors (Lipinski definition) is 1. The molecule has 0 aliphatic rings. The van der Waals surface area contributed by atoms with Gasteiger partial charge in [0.05, 0.1) is 32.9 Å². The molecule has 5 heteroatoms. The second-order valence-electron chi connectivity index (χ2n) is 3.25. The highest BCUT2D eigenvalue weighted by Crippen LogP contribution is 2.38. The third-order valence-electron chi connectivity index (χ3n) is 2.27. The van der Waals surface area contributed by atoms with Gasteiger partial charge < -0.3 is 14.3 Å². The highest BCUT2D eigenvalue weighted by molar-refractivity contribution is 6.32. The van der Waals surface area contributed by atoms with Crippen molar-refractivity contribution in [2.45, 2.75) is 13.5 Å². The molecule has 0 saturated carbocycles. The van der Waals surface area contributed by atoms with Gasteiger partial charge in [-0.2, -0.15) is 5.48 Å². The second-order valence-corrected chi connectivity index (χ2v) is 3.62. The quantitative estimate of drug-likeness (QED) is 0.809. The third-order valence-corrected chi connectivity index (χ3v) is 2.80. The van der Waals surface area contributed by atoms with Gasteiger partial charge >= 0.3 is 0 Å². The summed E-state index contributed by atoms with van der Waals surface area (Å²) in [6.07, 6.45) is 0. The maximum absolute atomic E-state index is 6.21. The number of hydrogen-bond acceptors (Lipinski definition) is 4. The first-order valence-corrected chi connectivity index (χ1v) is 5.19. The first-order chi connectivity index (χ1) is 7.65. The predicted molar refractivity (Wildman–Crippen MR) is 63.1 cm³/mol. The molecule has 0 spiro atoms. The van der Waals surface area contributed by atoms with Crippen LogP contribution < -0.4 is 15.0 Å². The maximum Gasteiger partial charge on any atom is 0.166 e. The SMILES string of the molecule is CONCc1c(Cl)c(C)cc(OC)c1OC. The molecular formula is C11H16ClNO3. The van der Waals surface area contributed by atoms with Gasteiger partial charge in [-0.05, 0) is 18.6 Å². The Kier molecular flexibility index (Phi) is 4.86. The van der Waals surface area contributed by atoms with Crippen molar-refractivity contribution in [1.82, 2.24) is 5.48 Å². The number of rotatable bonds is 5. The average Bonchev–Trinajstić information content (AvgIpc) is 2.30. The van der Waals surface area contributed by atoms with Gasteiger partial charge in [0.25, 0.3) is 0 Å². The fourth-order valence-corrected chi connectivity index (χ4v) is 1.70. The monoisotopic (exact) mass is 245 g/mol. The van der Waals surface area contributed by atoms with E-state index in [0.717, 1.165) is 11.1 Å². The summed E-state index contributed by atoms with van der Waals surface area (Å²) in [5, 5.41) is 0.655. The summed E-state index contributed by atoms with van der Waals surface area (Å²) >= 11 is 6.21. The summed E-state index contributed by atoms with van der Waals surface area (Å²) in [4.78, 5) is 4.81. The zero-order valence-corrected chi connectivity index (χ0v) is 10.6. The van der Waals surface area contributed by atoms with Crippen molar-refractivity contribution < 1.29 is 14.3 Å². The highest BCUT2D eigenvalue weighted by Gasteiger charge is 2.16. The Morgan fingerprint density at radius 3 is 2.44 bits per heavy atom. The van der Waals surface area contributed by atoms with Crippen molar-refractivity contribution in [2.24, 2.45) is 0 Å². The van der Waals surface area contributed by atoms with Crippen LogP contribution in [0.25, 0.3) is 0 Å². The van der Waals surface area contributed by atoms with Gasteiger partial charge in [0, 0.05) is 5.56 Å². The van der Waals surface area contributed by atoms with Crippen LogP contribution in [-0.2, 0) is 11.4 Å². The van der Waals surface area contributed by atoms with Crippen LogP contribution in [0.15, 0.2) is 6.07 Å². The minimum absolute atomic E-state index is 0.455. The standard InChI is InChI=1S/C11H16ClNO3/c1-7-5-9(14-2)11(15-3)8(10(7)12)6-13-16-4/h5,13H,6H2,1-4H3. The van der Waals surface area contributed by atoms with E-state index in [2.05, 4.69) is 5.48 Å². The van der Waals surface area contributed by atoms with Gasteiger partial charge in [-0.1, -0.05) is 11.6 Å². The van der Waals surface area contributed by atoms with Crippen LogP contribution >= 0.6 is 11.6 Å².